The SMILES string of the molecule is CCOC(=O)c1c(NC(=S)NCCCn2ccc(C)n2)sc(C)c1-c1ccccc1. The molecule has 0 saturated carbocycles. The van der Waals surface area contributed by atoms with E-state index in [1.807, 2.05) is 61.1 Å². The third-order valence-corrected chi connectivity index (χ3v) is 5.74. The van der Waals surface area contributed by atoms with Gasteiger partial charge in [0, 0.05) is 29.7 Å². The van der Waals surface area contributed by atoms with Crippen molar-refractivity contribution < 1.29 is 9.53 Å². The van der Waals surface area contributed by atoms with Crippen molar-refractivity contribution >= 4 is 39.6 Å². The highest BCUT2D eigenvalue weighted by molar-refractivity contribution is 7.80. The van der Waals surface area contributed by atoms with Gasteiger partial charge in [-0.3, -0.25) is 4.68 Å². The molecule has 2 N–H and O–H groups in total. The lowest BCUT2D eigenvalue weighted by Crippen LogP contribution is -2.30. The molecule has 6 nitrogen and oxygen atoms in total. The topological polar surface area (TPSA) is 68.2 Å². The molecule has 0 aliphatic heterocycles. The van der Waals surface area contributed by atoms with Gasteiger partial charge in [0.2, 0.25) is 0 Å². The second kappa shape index (κ2) is 10.4. The second-order valence-electron chi connectivity index (χ2n) is 6.78. The van der Waals surface area contributed by atoms with E-state index in [9.17, 15) is 4.79 Å². The Kier molecular flexibility index (Phi) is 7.59. The van der Waals surface area contributed by atoms with Crippen LogP contribution in [-0.4, -0.2) is 34.0 Å². The number of ether oxygens (including phenoxy) is 1. The van der Waals surface area contributed by atoms with Crippen molar-refractivity contribution in [3.8, 4) is 11.1 Å². The third kappa shape index (κ3) is 5.46. The molecule has 0 spiro atoms. The molecule has 0 saturated heterocycles. The molecular formula is C22H26N4O2S2. The molecule has 0 atom stereocenters. The molecule has 2 aromatic heterocycles. The minimum absolute atomic E-state index is 0.316. The van der Waals surface area contributed by atoms with E-state index in [1.54, 1.807) is 6.92 Å². The number of carbonyl (C=O) groups is 1. The van der Waals surface area contributed by atoms with E-state index in [0.29, 0.717) is 28.8 Å². The number of rotatable bonds is 8. The van der Waals surface area contributed by atoms with Crippen molar-refractivity contribution in [1.82, 2.24) is 15.1 Å². The zero-order valence-electron chi connectivity index (χ0n) is 17.4. The molecule has 8 heteroatoms. The molecule has 1 aromatic carbocycles. The first-order chi connectivity index (χ1) is 14.5. The quantitative estimate of drug-likeness (QED) is 0.297. The summed E-state index contributed by atoms with van der Waals surface area (Å²) in [5, 5.41) is 12.0. The second-order valence-corrected chi connectivity index (χ2v) is 8.41. The van der Waals surface area contributed by atoms with E-state index in [-0.39, 0.29) is 5.97 Å². The summed E-state index contributed by atoms with van der Waals surface area (Å²) in [4.78, 5) is 13.8. The average molecular weight is 443 g/mol. The van der Waals surface area contributed by atoms with Gasteiger partial charge in [0.25, 0.3) is 0 Å². The molecule has 0 unspecified atom stereocenters. The van der Waals surface area contributed by atoms with Gasteiger partial charge >= 0.3 is 5.97 Å². The van der Waals surface area contributed by atoms with E-state index in [2.05, 4.69) is 15.7 Å². The first kappa shape index (κ1) is 22.0. The molecule has 0 aliphatic rings. The van der Waals surface area contributed by atoms with Crippen LogP contribution in [-0.2, 0) is 11.3 Å². The van der Waals surface area contributed by atoms with Crippen LogP contribution >= 0.6 is 23.6 Å². The zero-order chi connectivity index (χ0) is 21.5. The molecule has 0 amide bonds. The summed E-state index contributed by atoms with van der Waals surface area (Å²) in [6, 6.07) is 11.9. The number of hydrogen-bond donors (Lipinski definition) is 2. The van der Waals surface area contributed by atoms with Crippen molar-refractivity contribution in [1.29, 1.82) is 0 Å². The number of thiocarbonyl (C=S) groups is 1. The fraction of sp³-hybridized carbons (Fsp3) is 0.318. The number of esters is 1. The summed E-state index contributed by atoms with van der Waals surface area (Å²) < 4.78 is 7.25. The molecule has 0 fully saturated rings. The highest BCUT2D eigenvalue weighted by Crippen LogP contribution is 2.40. The van der Waals surface area contributed by atoms with Gasteiger partial charge in [0.15, 0.2) is 5.11 Å². The lowest BCUT2D eigenvalue weighted by Gasteiger charge is -2.12. The molecule has 0 bridgehead atoms. The Hall–Kier alpha value is -2.71. The van der Waals surface area contributed by atoms with Gasteiger partial charge in [-0.2, -0.15) is 5.10 Å². The number of thiophene rings is 1. The smallest absolute Gasteiger partial charge is 0.341 e. The summed E-state index contributed by atoms with van der Waals surface area (Å²) in [5.41, 5.74) is 3.41. The number of anilines is 1. The van der Waals surface area contributed by atoms with Crippen LogP contribution in [0.3, 0.4) is 0 Å². The Morgan fingerprint density at radius 1 is 1.23 bits per heavy atom. The van der Waals surface area contributed by atoms with Crippen molar-refractivity contribution in [3.63, 3.8) is 0 Å². The Morgan fingerprint density at radius 3 is 2.67 bits per heavy atom. The lowest BCUT2D eigenvalue weighted by molar-refractivity contribution is 0.0529. The van der Waals surface area contributed by atoms with Crippen molar-refractivity contribution in [2.24, 2.45) is 0 Å². The number of benzene rings is 1. The molecule has 3 aromatic rings. The summed E-state index contributed by atoms with van der Waals surface area (Å²) in [5.74, 6) is -0.347. The number of aryl methyl sites for hydroxylation is 3. The molecule has 3 rings (SSSR count). The predicted molar refractivity (Wildman–Crippen MR) is 126 cm³/mol. The Labute approximate surface area is 186 Å². The summed E-state index contributed by atoms with van der Waals surface area (Å²) in [7, 11) is 0. The minimum atomic E-state index is -0.347. The van der Waals surface area contributed by atoms with E-state index < -0.39 is 0 Å². The molecule has 158 valence electrons. The van der Waals surface area contributed by atoms with E-state index in [0.717, 1.165) is 34.7 Å². The fourth-order valence-corrected chi connectivity index (χ4v) is 4.50. The van der Waals surface area contributed by atoms with Crippen LogP contribution in [0, 0.1) is 13.8 Å². The molecule has 0 radical (unpaired) electrons. The summed E-state index contributed by atoms with van der Waals surface area (Å²) in [6.45, 7) is 7.62. The van der Waals surface area contributed by atoms with Gasteiger partial charge in [-0.25, -0.2) is 4.79 Å². The first-order valence-corrected chi connectivity index (χ1v) is 11.1. The lowest BCUT2D eigenvalue weighted by atomic mass is 10.0. The Bertz CT molecular complexity index is 1010. The number of nitrogens with zero attached hydrogens (tertiary/aromatic N) is 2. The Morgan fingerprint density at radius 2 is 2.00 bits per heavy atom. The van der Waals surface area contributed by atoms with Gasteiger partial charge in [-0.1, -0.05) is 30.3 Å². The van der Waals surface area contributed by atoms with E-state index in [1.165, 1.54) is 11.3 Å². The van der Waals surface area contributed by atoms with Gasteiger partial charge in [-0.15, -0.1) is 11.3 Å². The van der Waals surface area contributed by atoms with E-state index >= 15 is 0 Å². The largest absolute Gasteiger partial charge is 0.462 e. The van der Waals surface area contributed by atoms with Crippen LogP contribution in [0.4, 0.5) is 5.00 Å². The predicted octanol–water partition coefficient (Wildman–Crippen LogP) is 4.78. The summed E-state index contributed by atoms with van der Waals surface area (Å²) in [6.07, 6.45) is 2.85. The third-order valence-electron chi connectivity index (χ3n) is 4.48. The highest BCUT2D eigenvalue weighted by atomic mass is 32.1. The first-order valence-electron chi connectivity index (χ1n) is 9.90. The number of nitrogens with one attached hydrogen (secondary N) is 2. The minimum Gasteiger partial charge on any atom is -0.462 e. The van der Waals surface area contributed by atoms with Gasteiger partial charge in [0.1, 0.15) is 10.6 Å². The van der Waals surface area contributed by atoms with Crippen LogP contribution in [0.1, 0.15) is 34.3 Å². The number of carbonyl (C=O) groups excluding carboxylic acids is 1. The van der Waals surface area contributed by atoms with Gasteiger partial charge in [0.05, 0.1) is 12.3 Å². The monoisotopic (exact) mass is 442 g/mol. The average Bonchev–Trinajstić information content (AvgIpc) is 3.28. The van der Waals surface area contributed by atoms with Gasteiger partial charge in [-0.05, 0) is 51.0 Å². The number of aromatic nitrogens is 2. The number of hydrogen-bond acceptors (Lipinski definition) is 5. The van der Waals surface area contributed by atoms with Gasteiger partial charge < -0.3 is 15.4 Å². The fourth-order valence-electron chi connectivity index (χ4n) is 3.16. The molecule has 30 heavy (non-hydrogen) atoms. The normalized spacial score (nSPS) is 10.6. The van der Waals surface area contributed by atoms with E-state index in [4.69, 9.17) is 17.0 Å². The van der Waals surface area contributed by atoms with Crippen LogP contribution in [0.15, 0.2) is 42.6 Å². The maximum absolute atomic E-state index is 12.7. The maximum atomic E-state index is 12.7. The van der Waals surface area contributed by atoms with Crippen molar-refractivity contribution in [2.75, 3.05) is 18.5 Å². The van der Waals surface area contributed by atoms with Crippen LogP contribution in [0.25, 0.3) is 11.1 Å². The van der Waals surface area contributed by atoms with Crippen LogP contribution in [0.5, 0.6) is 0 Å². The summed E-state index contributed by atoms with van der Waals surface area (Å²) >= 11 is 6.96. The standard InChI is InChI=1S/C22H26N4O2S2/c1-4-28-21(27)19-18(17-9-6-5-7-10-17)16(3)30-20(19)24-22(29)23-12-8-13-26-14-11-15(2)25-26/h5-7,9-11,14H,4,8,12-13H2,1-3H3,(H2,23,24,29). The van der Waals surface area contributed by atoms with Crippen LogP contribution < -0.4 is 10.6 Å². The maximum Gasteiger partial charge on any atom is 0.341 e. The molecule has 0 aliphatic carbocycles. The molecule has 2 heterocycles. The van der Waals surface area contributed by atoms with Crippen LogP contribution in [0.2, 0.25) is 0 Å². The highest BCUT2D eigenvalue weighted by Gasteiger charge is 2.24. The van der Waals surface area contributed by atoms with Crippen molar-refractivity contribution in [3.05, 3.63) is 58.7 Å². The Balaban J connectivity index is 1.70. The zero-order valence-corrected chi connectivity index (χ0v) is 19.0. The molecular weight excluding hydrogens is 416 g/mol. The van der Waals surface area contributed by atoms with Crippen molar-refractivity contribution in [2.45, 2.75) is 33.7 Å².